The highest BCUT2D eigenvalue weighted by atomic mass is 16.4. The number of benzene rings is 5. The van der Waals surface area contributed by atoms with Gasteiger partial charge in [0.25, 0.3) is 0 Å². The van der Waals surface area contributed by atoms with E-state index >= 15 is 0 Å². The van der Waals surface area contributed by atoms with Gasteiger partial charge in [-0.15, -0.1) is 0 Å². The van der Waals surface area contributed by atoms with Crippen molar-refractivity contribution in [3.05, 3.63) is 150 Å². The molecule has 0 saturated heterocycles. The third-order valence-corrected chi connectivity index (χ3v) is 7.46. The second-order valence-electron chi connectivity index (χ2n) is 9.96. The fourth-order valence-corrected chi connectivity index (χ4v) is 5.54. The van der Waals surface area contributed by atoms with Crippen molar-refractivity contribution in [2.45, 2.75) is 6.54 Å². The van der Waals surface area contributed by atoms with E-state index in [-0.39, 0.29) is 0 Å². The van der Waals surface area contributed by atoms with Gasteiger partial charge in [0.1, 0.15) is 17.4 Å². The van der Waals surface area contributed by atoms with Crippen molar-refractivity contribution < 1.29 is 4.42 Å². The molecule has 194 valence electrons. The summed E-state index contributed by atoms with van der Waals surface area (Å²) in [5.74, 6) is 0.940. The summed E-state index contributed by atoms with van der Waals surface area (Å²) in [6.07, 6.45) is 3.94. The lowest BCUT2D eigenvalue weighted by Crippen LogP contribution is -1.98. The Bertz CT molecular complexity index is 2070. The molecule has 0 aliphatic heterocycles. The van der Waals surface area contributed by atoms with Gasteiger partial charge >= 0.3 is 0 Å². The smallest absolute Gasteiger partial charge is 0.238 e. The zero-order valence-electron chi connectivity index (χ0n) is 22.2. The maximum Gasteiger partial charge on any atom is 0.238 e. The van der Waals surface area contributed by atoms with E-state index in [4.69, 9.17) is 9.41 Å². The van der Waals surface area contributed by atoms with E-state index in [2.05, 4.69) is 77.5 Å². The number of rotatable bonds is 6. The van der Waals surface area contributed by atoms with Gasteiger partial charge in [0, 0.05) is 46.5 Å². The largest absolute Gasteiger partial charge is 0.436 e. The quantitative estimate of drug-likeness (QED) is 0.202. The molecule has 0 unspecified atom stereocenters. The van der Waals surface area contributed by atoms with Crippen LogP contribution in [0, 0.1) is 11.3 Å². The van der Waals surface area contributed by atoms with Gasteiger partial charge in [-0.2, -0.15) is 5.26 Å². The molecule has 41 heavy (non-hydrogen) atoms. The van der Waals surface area contributed by atoms with Gasteiger partial charge in [0.15, 0.2) is 0 Å². The van der Waals surface area contributed by atoms with E-state index in [1.165, 1.54) is 16.3 Å². The highest BCUT2D eigenvalue weighted by molar-refractivity contribution is 6.01. The minimum Gasteiger partial charge on any atom is -0.436 e. The van der Waals surface area contributed by atoms with Gasteiger partial charge in [-0.25, -0.2) is 4.99 Å². The third kappa shape index (κ3) is 4.50. The van der Waals surface area contributed by atoms with E-state index in [9.17, 15) is 5.26 Å². The first-order chi connectivity index (χ1) is 20.3. The summed E-state index contributed by atoms with van der Waals surface area (Å²) in [4.78, 5) is 4.77. The molecule has 0 spiro atoms. The summed E-state index contributed by atoms with van der Waals surface area (Å²) in [5.41, 5.74) is 6.33. The van der Waals surface area contributed by atoms with Crippen LogP contribution < -0.4 is 0 Å². The molecule has 4 heteroatoms. The minimum absolute atomic E-state index is 0.302. The zero-order chi connectivity index (χ0) is 27.6. The lowest BCUT2D eigenvalue weighted by molar-refractivity contribution is 0.593. The first-order valence-electron chi connectivity index (χ1n) is 13.6. The van der Waals surface area contributed by atoms with Crippen molar-refractivity contribution in [3.63, 3.8) is 0 Å². The topological polar surface area (TPSA) is 54.2 Å². The molecule has 7 rings (SSSR count). The van der Waals surface area contributed by atoms with Crippen LogP contribution in [0.3, 0.4) is 0 Å². The van der Waals surface area contributed by atoms with Crippen LogP contribution in [-0.2, 0) is 6.54 Å². The van der Waals surface area contributed by atoms with Crippen LogP contribution in [0.1, 0.15) is 16.7 Å². The number of furan rings is 1. The molecule has 2 aromatic heterocycles. The Labute approximate surface area is 238 Å². The van der Waals surface area contributed by atoms with Gasteiger partial charge in [0.05, 0.1) is 0 Å². The van der Waals surface area contributed by atoms with Crippen LogP contribution in [-0.4, -0.2) is 10.8 Å². The number of nitrogens with zero attached hydrogens (tertiary/aromatic N) is 3. The van der Waals surface area contributed by atoms with Crippen molar-refractivity contribution in [1.29, 1.82) is 5.26 Å². The molecule has 0 aliphatic carbocycles. The maximum atomic E-state index is 10.3. The number of aliphatic imine (C=N–C) groups is 1. The Morgan fingerprint density at radius 2 is 1.37 bits per heavy atom. The van der Waals surface area contributed by atoms with E-state index < -0.39 is 0 Å². The molecule has 0 amide bonds. The summed E-state index contributed by atoms with van der Waals surface area (Å²) in [5, 5.41) is 13.8. The average molecular weight is 528 g/mol. The Morgan fingerprint density at radius 1 is 0.707 bits per heavy atom. The molecule has 0 bridgehead atoms. The number of para-hydroxylation sites is 1. The molecule has 7 aromatic rings. The SMILES string of the molecule is N#Cc1c(N=Cc2cn(Cc3cccc4ccccc34)c3ccccc23)oc(-c2ccccc2)c1-c1ccccc1. The van der Waals surface area contributed by atoms with Gasteiger partial charge in [-0.05, 0) is 28.0 Å². The average Bonchev–Trinajstić information content (AvgIpc) is 3.59. The van der Waals surface area contributed by atoms with Crippen molar-refractivity contribution >= 4 is 33.8 Å². The molecule has 5 aromatic carbocycles. The lowest BCUT2D eigenvalue weighted by atomic mass is 9.98. The Balaban J connectivity index is 1.33. The van der Waals surface area contributed by atoms with Crippen LogP contribution >= 0.6 is 0 Å². The summed E-state index contributed by atoms with van der Waals surface area (Å²) >= 11 is 0. The van der Waals surface area contributed by atoms with Crippen molar-refractivity contribution in [1.82, 2.24) is 4.57 Å². The van der Waals surface area contributed by atoms with Crippen LogP contribution in [0.15, 0.2) is 143 Å². The van der Waals surface area contributed by atoms with E-state index in [1.807, 2.05) is 72.9 Å². The first-order valence-corrected chi connectivity index (χ1v) is 13.6. The van der Waals surface area contributed by atoms with Gasteiger partial charge in [0.2, 0.25) is 5.88 Å². The number of hydrogen-bond acceptors (Lipinski definition) is 3. The number of hydrogen-bond donors (Lipinski definition) is 0. The summed E-state index contributed by atoms with van der Waals surface area (Å²) < 4.78 is 8.60. The monoisotopic (exact) mass is 527 g/mol. The predicted octanol–water partition coefficient (Wildman–Crippen LogP) is 9.39. The van der Waals surface area contributed by atoms with Crippen molar-refractivity contribution in [3.8, 4) is 28.5 Å². The highest BCUT2D eigenvalue weighted by Crippen LogP contribution is 2.42. The Hall–Kier alpha value is -5.66. The third-order valence-electron chi connectivity index (χ3n) is 7.46. The van der Waals surface area contributed by atoms with Crippen LogP contribution in [0.4, 0.5) is 5.88 Å². The number of fused-ring (bicyclic) bond motifs is 2. The first kappa shape index (κ1) is 24.4. The summed E-state index contributed by atoms with van der Waals surface area (Å²) in [6.45, 7) is 0.732. The number of nitriles is 1. The maximum absolute atomic E-state index is 10.3. The van der Waals surface area contributed by atoms with E-state index in [0.717, 1.165) is 39.7 Å². The molecule has 0 radical (unpaired) electrons. The lowest BCUT2D eigenvalue weighted by Gasteiger charge is -2.09. The molecule has 4 nitrogen and oxygen atoms in total. The fourth-order valence-electron chi connectivity index (χ4n) is 5.54. The van der Waals surface area contributed by atoms with E-state index in [1.54, 1.807) is 0 Å². The van der Waals surface area contributed by atoms with E-state index in [0.29, 0.717) is 17.2 Å². The molecule has 0 aliphatic rings. The van der Waals surface area contributed by atoms with Gasteiger partial charge in [-0.3, -0.25) is 0 Å². The zero-order valence-corrected chi connectivity index (χ0v) is 22.2. The molecule has 0 saturated carbocycles. The predicted molar refractivity (Wildman–Crippen MR) is 167 cm³/mol. The van der Waals surface area contributed by atoms with Crippen molar-refractivity contribution in [2.75, 3.05) is 0 Å². The fraction of sp³-hybridized carbons (Fsp3) is 0.0270. The molecule has 0 fully saturated rings. The molecular formula is C37H25N3O. The Kier molecular flexibility index (Phi) is 6.24. The van der Waals surface area contributed by atoms with Crippen molar-refractivity contribution in [2.24, 2.45) is 4.99 Å². The van der Waals surface area contributed by atoms with Crippen LogP contribution in [0.25, 0.3) is 44.1 Å². The Morgan fingerprint density at radius 3 is 2.15 bits per heavy atom. The van der Waals surface area contributed by atoms with Crippen LogP contribution in [0.2, 0.25) is 0 Å². The standard InChI is InChI=1S/C37H25N3O/c38-22-33-35(27-13-3-1-4-14-27)36(28-15-5-2-6-16-28)41-37(33)39-23-30-25-40(34-21-10-9-20-32(30)34)24-29-18-11-17-26-12-7-8-19-31(26)29/h1-21,23,25H,24H2. The highest BCUT2D eigenvalue weighted by Gasteiger charge is 2.22. The summed E-state index contributed by atoms with van der Waals surface area (Å²) in [7, 11) is 0. The van der Waals surface area contributed by atoms with Gasteiger partial charge in [-0.1, -0.05) is 121 Å². The number of aromatic nitrogens is 1. The van der Waals surface area contributed by atoms with Crippen LogP contribution in [0.5, 0.6) is 0 Å². The molecule has 0 N–H and O–H groups in total. The molecule has 2 heterocycles. The molecular weight excluding hydrogens is 502 g/mol. The normalized spacial score (nSPS) is 11.4. The second-order valence-corrected chi connectivity index (χ2v) is 9.96. The summed E-state index contributed by atoms with van der Waals surface area (Å²) in [6, 6.07) is 45.4. The second kappa shape index (κ2) is 10.5. The molecule has 0 atom stereocenters. The van der Waals surface area contributed by atoms with Gasteiger partial charge < -0.3 is 8.98 Å². The minimum atomic E-state index is 0.302.